The minimum atomic E-state index is -2.90. The van der Waals surface area contributed by atoms with Gasteiger partial charge in [-0.1, -0.05) is 6.42 Å². The fraction of sp³-hybridized carbons (Fsp3) is 0.500. The highest BCUT2D eigenvalue weighted by Crippen LogP contribution is 2.26. The van der Waals surface area contributed by atoms with Gasteiger partial charge in [0, 0.05) is 25.7 Å². The number of likely N-dealkylation sites (tertiary alicyclic amines) is 1. The molecule has 178 valence electrons. The van der Waals surface area contributed by atoms with E-state index < -0.39 is 6.61 Å². The second kappa shape index (κ2) is 13.5. The molecule has 1 unspecified atom stereocenters. The largest absolute Gasteiger partial charge is 0.497 e. The van der Waals surface area contributed by atoms with Crippen LogP contribution in [0, 0.1) is 0 Å². The first-order valence-electron chi connectivity index (χ1n) is 10.4. The van der Waals surface area contributed by atoms with Crippen molar-refractivity contribution in [2.24, 2.45) is 4.99 Å². The summed E-state index contributed by atoms with van der Waals surface area (Å²) in [5.41, 5.74) is 0.543. The van der Waals surface area contributed by atoms with Gasteiger partial charge in [0.1, 0.15) is 17.3 Å². The molecule has 32 heavy (non-hydrogen) atoms. The van der Waals surface area contributed by atoms with E-state index in [1.165, 1.54) is 32.4 Å². The molecule has 10 heteroatoms. The summed E-state index contributed by atoms with van der Waals surface area (Å²) < 4.78 is 41.0. The summed E-state index contributed by atoms with van der Waals surface area (Å²) >= 11 is 0. The summed E-state index contributed by atoms with van der Waals surface area (Å²) in [6.45, 7) is -0.00283. The van der Waals surface area contributed by atoms with Gasteiger partial charge < -0.3 is 24.5 Å². The van der Waals surface area contributed by atoms with Crippen molar-refractivity contribution in [3.05, 3.63) is 47.9 Å². The Morgan fingerprint density at radius 3 is 2.59 bits per heavy atom. The summed E-state index contributed by atoms with van der Waals surface area (Å²) in [6.07, 6.45) is 5.29. The molecular weight excluding hydrogens is 533 g/mol. The Balaban J connectivity index is 0.00000363. The molecule has 1 aliphatic heterocycles. The number of aliphatic imine (C=N–C) groups is 1. The lowest BCUT2D eigenvalue weighted by atomic mass is 10.1. The molecule has 1 saturated heterocycles. The van der Waals surface area contributed by atoms with Gasteiger partial charge >= 0.3 is 6.61 Å². The Hall–Kier alpha value is -2.08. The van der Waals surface area contributed by atoms with Gasteiger partial charge in [-0.05, 0) is 56.3 Å². The third-order valence-electron chi connectivity index (χ3n) is 5.32. The van der Waals surface area contributed by atoms with E-state index in [-0.39, 0.29) is 42.3 Å². The zero-order valence-corrected chi connectivity index (χ0v) is 20.7. The number of furan rings is 1. The molecule has 0 radical (unpaired) electrons. The van der Waals surface area contributed by atoms with Gasteiger partial charge in [-0.2, -0.15) is 8.78 Å². The van der Waals surface area contributed by atoms with Crippen LogP contribution >= 0.6 is 24.0 Å². The normalized spacial score (nSPS) is 15.7. The van der Waals surface area contributed by atoms with E-state index in [9.17, 15) is 8.78 Å². The lowest BCUT2D eigenvalue weighted by molar-refractivity contribution is -0.0505. The topological polar surface area (TPSA) is 71.3 Å². The number of hydrogen-bond donors (Lipinski definition) is 2. The molecule has 2 heterocycles. The molecule has 0 saturated carbocycles. The average Bonchev–Trinajstić information content (AvgIpc) is 3.32. The smallest absolute Gasteiger partial charge is 0.387 e. The van der Waals surface area contributed by atoms with Crippen molar-refractivity contribution in [3.8, 4) is 11.5 Å². The first kappa shape index (κ1) is 26.2. The molecule has 1 fully saturated rings. The van der Waals surface area contributed by atoms with E-state index in [4.69, 9.17) is 9.15 Å². The Morgan fingerprint density at radius 2 is 1.97 bits per heavy atom. The molecule has 0 spiro atoms. The van der Waals surface area contributed by atoms with Crippen LogP contribution in [0.5, 0.6) is 11.5 Å². The molecule has 7 nitrogen and oxygen atoms in total. The predicted molar refractivity (Wildman–Crippen MR) is 130 cm³/mol. The zero-order chi connectivity index (χ0) is 22.1. The number of nitrogens with one attached hydrogen (secondary N) is 2. The molecule has 1 aromatic carbocycles. The van der Waals surface area contributed by atoms with Gasteiger partial charge in [-0.3, -0.25) is 9.89 Å². The van der Waals surface area contributed by atoms with Crippen LogP contribution in [0.2, 0.25) is 0 Å². The fourth-order valence-electron chi connectivity index (χ4n) is 3.75. The van der Waals surface area contributed by atoms with E-state index in [2.05, 4.69) is 25.3 Å². The van der Waals surface area contributed by atoms with Crippen LogP contribution < -0.4 is 20.1 Å². The Labute approximate surface area is 204 Å². The molecule has 3 rings (SSSR count). The molecular formula is C22H31F2IN4O3. The van der Waals surface area contributed by atoms with Crippen LogP contribution in [-0.4, -0.2) is 51.3 Å². The van der Waals surface area contributed by atoms with E-state index >= 15 is 0 Å². The highest BCUT2D eigenvalue weighted by Gasteiger charge is 2.24. The number of piperidine rings is 1. The number of hydrogen-bond acceptors (Lipinski definition) is 5. The Kier molecular flexibility index (Phi) is 11.0. The van der Waals surface area contributed by atoms with Crippen LogP contribution in [0.15, 0.2) is 46.0 Å². The van der Waals surface area contributed by atoms with Crippen molar-refractivity contribution in [3.63, 3.8) is 0 Å². The number of ether oxygens (including phenoxy) is 2. The van der Waals surface area contributed by atoms with E-state index in [0.717, 1.165) is 18.8 Å². The van der Waals surface area contributed by atoms with Gasteiger partial charge in [0.05, 0.1) is 19.4 Å². The maximum Gasteiger partial charge on any atom is 0.387 e. The van der Waals surface area contributed by atoms with Crippen molar-refractivity contribution < 1.29 is 22.7 Å². The minimum Gasteiger partial charge on any atom is -0.497 e. The van der Waals surface area contributed by atoms with Gasteiger partial charge in [-0.25, -0.2) is 0 Å². The number of rotatable bonds is 9. The van der Waals surface area contributed by atoms with Crippen molar-refractivity contribution >= 4 is 29.9 Å². The first-order chi connectivity index (χ1) is 15.1. The van der Waals surface area contributed by atoms with E-state index in [1.54, 1.807) is 25.4 Å². The Morgan fingerprint density at radius 1 is 1.19 bits per heavy atom. The van der Waals surface area contributed by atoms with Gasteiger partial charge in [0.2, 0.25) is 0 Å². The molecule has 1 aliphatic rings. The Bertz CT molecular complexity index is 831. The molecule has 0 bridgehead atoms. The fourth-order valence-corrected chi connectivity index (χ4v) is 3.75. The van der Waals surface area contributed by atoms with Crippen LogP contribution in [-0.2, 0) is 6.54 Å². The standard InChI is InChI=1S/C22H30F2N4O3.HI/c1-25-22(26-14-16-13-17(29-2)8-9-19(16)31-21(23)24)27-15-18(20-7-6-12-30-20)28-10-4-3-5-11-28;/h6-9,12-13,18,21H,3-5,10-11,14-15H2,1-2H3,(H2,25,26,27);1H. The summed E-state index contributed by atoms with van der Waals surface area (Å²) in [6, 6.07) is 8.69. The highest BCUT2D eigenvalue weighted by molar-refractivity contribution is 14.0. The first-order valence-corrected chi connectivity index (χ1v) is 10.4. The summed E-state index contributed by atoms with van der Waals surface area (Å²) in [5.74, 6) is 2.12. The average molecular weight is 564 g/mol. The van der Waals surface area contributed by atoms with Crippen LogP contribution in [0.3, 0.4) is 0 Å². The van der Waals surface area contributed by atoms with E-state index in [1.807, 2.05) is 12.1 Å². The van der Waals surface area contributed by atoms with Gasteiger partial charge in [-0.15, -0.1) is 24.0 Å². The van der Waals surface area contributed by atoms with Gasteiger partial charge in [0.25, 0.3) is 0 Å². The summed E-state index contributed by atoms with van der Waals surface area (Å²) in [7, 11) is 3.19. The lowest BCUT2D eigenvalue weighted by Gasteiger charge is -2.33. The number of halogens is 3. The molecule has 1 aromatic heterocycles. The predicted octanol–water partition coefficient (Wildman–Crippen LogP) is 4.40. The third-order valence-corrected chi connectivity index (χ3v) is 5.32. The van der Waals surface area contributed by atoms with Crippen LogP contribution in [0.1, 0.15) is 36.6 Å². The number of methoxy groups -OCH3 is 1. The maximum atomic E-state index is 12.7. The number of alkyl halides is 2. The summed E-state index contributed by atoms with van der Waals surface area (Å²) in [4.78, 5) is 6.68. The quantitative estimate of drug-likeness (QED) is 0.268. The van der Waals surface area contributed by atoms with Crippen molar-refractivity contribution in [2.75, 3.05) is 33.8 Å². The minimum absolute atomic E-state index is 0. The highest BCUT2D eigenvalue weighted by atomic mass is 127. The zero-order valence-electron chi connectivity index (χ0n) is 18.4. The monoisotopic (exact) mass is 564 g/mol. The molecule has 2 N–H and O–H groups in total. The number of guanidine groups is 1. The molecule has 0 amide bonds. The maximum absolute atomic E-state index is 12.7. The van der Waals surface area contributed by atoms with Crippen molar-refractivity contribution in [1.82, 2.24) is 15.5 Å². The lowest BCUT2D eigenvalue weighted by Crippen LogP contribution is -2.44. The number of benzene rings is 1. The SMILES string of the molecule is CN=C(NCc1cc(OC)ccc1OC(F)F)NCC(c1ccco1)N1CCCCC1.I. The van der Waals surface area contributed by atoms with Crippen molar-refractivity contribution in [2.45, 2.75) is 38.5 Å². The van der Waals surface area contributed by atoms with Crippen molar-refractivity contribution in [1.29, 1.82) is 0 Å². The second-order valence-electron chi connectivity index (χ2n) is 7.29. The molecule has 1 atom stereocenters. The second-order valence-corrected chi connectivity index (χ2v) is 7.29. The molecule has 2 aromatic rings. The third kappa shape index (κ3) is 7.51. The van der Waals surface area contributed by atoms with E-state index in [0.29, 0.717) is 23.8 Å². The van der Waals surface area contributed by atoms with Crippen LogP contribution in [0.25, 0.3) is 0 Å². The van der Waals surface area contributed by atoms with Gasteiger partial charge in [0.15, 0.2) is 5.96 Å². The summed E-state index contributed by atoms with van der Waals surface area (Å²) in [5, 5.41) is 6.49. The molecule has 0 aliphatic carbocycles. The number of nitrogens with zero attached hydrogens (tertiary/aromatic N) is 2. The van der Waals surface area contributed by atoms with Crippen LogP contribution in [0.4, 0.5) is 8.78 Å².